The molecule has 2 rings (SSSR count). The highest BCUT2D eigenvalue weighted by atomic mass is 15.2. The van der Waals surface area contributed by atoms with E-state index in [1.54, 1.807) is 0 Å². The highest BCUT2D eigenvalue weighted by Gasteiger charge is 2.38. The lowest BCUT2D eigenvalue weighted by atomic mass is 9.82. The Hall–Kier alpha value is -0.860. The first-order chi connectivity index (χ1) is 10.0. The van der Waals surface area contributed by atoms with Crippen LogP contribution < -0.4 is 5.73 Å². The van der Waals surface area contributed by atoms with Crippen LogP contribution in [0.1, 0.15) is 58.4 Å². The van der Waals surface area contributed by atoms with E-state index >= 15 is 0 Å². The molecule has 1 aliphatic carbocycles. The van der Waals surface area contributed by atoms with Crippen molar-refractivity contribution in [3.63, 3.8) is 0 Å². The second-order valence-electron chi connectivity index (χ2n) is 7.45. The average Bonchev–Trinajstić information content (AvgIpc) is 2.65. The molecular formula is C19H32N2. The lowest BCUT2D eigenvalue weighted by molar-refractivity contribution is 0.0727. The molecule has 0 aliphatic heterocycles. The van der Waals surface area contributed by atoms with Crippen molar-refractivity contribution in [2.45, 2.75) is 65.0 Å². The number of nitrogens with two attached hydrogens (primary N) is 1. The van der Waals surface area contributed by atoms with Gasteiger partial charge in [0.2, 0.25) is 0 Å². The van der Waals surface area contributed by atoms with Gasteiger partial charge in [-0.1, -0.05) is 57.5 Å². The van der Waals surface area contributed by atoms with E-state index in [-0.39, 0.29) is 5.54 Å². The molecule has 0 saturated heterocycles. The Morgan fingerprint density at radius 2 is 1.76 bits per heavy atom. The Balaban J connectivity index is 2.16. The van der Waals surface area contributed by atoms with Crippen LogP contribution in [-0.4, -0.2) is 23.5 Å². The molecule has 0 heterocycles. The zero-order valence-corrected chi connectivity index (χ0v) is 14.1. The van der Waals surface area contributed by atoms with Crippen LogP contribution in [0, 0.1) is 5.41 Å². The van der Waals surface area contributed by atoms with Crippen LogP contribution in [0.3, 0.4) is 0 Å². The summed E-state index contributed by atoms with van der Waals surface area (Å²) in [6, 6.07) is 10.8. The van der Waals surface area contributed by atoms with Crippen LogP contribution >= 0.6 is 0 Å². The Labute approximate surface area is 130 Å². The summed E-state index contributed by atoms with van der Waals surface area (Å²) in [6.07, 6.45) is 6.40. The number of likely N-dealkylation sites (N-methyl/N-ethyl adjacent to an activating group) is 1. The van der Waals surface area contributed by atoms with E-state index in [9.17, 15) is 0 Å². The fourth-order valence-corrected chi connectivity index (χ4v) is 3.79. The van der Waals surface area contributed by atoms with Gasteiger partial charge in [-0.05, 0) is 43.2 Å². The Bertz CT molecular complexity index is 426. The van der Waals surface area contributed by atoms with Crippen LogP contribution in [-0.2, 0) is 6.54 Å². The largest absolute Gasteiger partial charge is 0.329 e. The molecule has 0 radical (unpaired) electrons. The Morgan fingerprint density at radius 1 is 1.05 bits per heavy atom. The number of rotatable bonds is 5. The van der Waals surface area contributed by atoms with Gasteiger partial charge in [0.25, 0.3) is 0 Å². The van der Waals surface area contributed by atoms with Gasteiger partial charge < -0.3 is 5.73 Å². The first-order valence-electron chi connectivity index (χ1n) is 8.50. The van der Waals surface area contributed by atoms with E-state index in [1.807, 2.05) is 0 Å². The SMILES string of the molecule is CCN(Cc1ccccc1)C1(CN)CCCC(C)(C)CC1. The molecule has 0 spiro atoms. The quantitative estimate of drug-likeness (QED) is 0.823. The van der Waals surface area contributed by atoms with E-state index in [4.69, 9.17) is 5.73 Å². The maximum Gasteiger partial charge on any atom is 0.0335 e. The number of hydrogen-bond acceptors (Lipinski definition) is 2. The minimum Gasteiger partial charge on any atom is -0.329 e. The monoisotopic (exact) mass is 288 g/mol. The van der Waals surface area contributed by atoms with Crippen molar-refractivity contribution in [1.82, 2.24) is 4.90 Å². The molecule has 2 nitrogen and oxygen atoms in total. The molecule has 1 aromatic carbocycles. The van der Waals surface area contributed by atoms with Gasteiger partial charge in [-0.15, -0.1) is 0 Å². The molecule has 21 heavy (non-hydrogen) atoms. The first kappa shape index (κ1) is 16.5. The summed E-state index contributed by atoms with van der Waals surface area (Å²) in [4.78, 5) is 2.63. The van der Waals surface area contributed by atoms with Gasteiger partial charge in [-0.3, -0.25) is 4.90 Å². The third-order valence-electron chi connectivity index (χ3n) is 5.41. The molecular weight excluding hydrogens is 256 g/mol. The maximum absolute atomic E-state index is 6.28. The smallest absolute Gasteiger partial charge is 0.0335 e. The number of hydrogen-bond donors (Lipinski definition) is 1. The third kappa shape index (κ3) is 4.08. The van der Waals surface area contributed by atoms with Gasteiger partial charge >= 0.3 is 0 Å². The minimum atomic E-state index is 0.193. The molecule has 1 saturated carbocycles. The Morgan fingerprint density at radius 3 is 2.38 bits per heavy atom. The van der Waals surface area contributed by atoms with Gasteiger partial charge in [-0.25, -0.2) is 0 Å². The molecule has 0 amide bonds. The highest BCUT2D eigenvalue weighted by molar-refractivity contribution is 5.15. The normalized spacial score (nSPS) is 25.8. The summed E-state index contributed by atoms with van der Waals surface area (Å²) < 4.78 is 0. The lowest BCUT2D eigenvalue weighted by Gasteiger charge is -2.43. The predicted molar refractivity (Wildman–Crippen MR) is 91.2 cm³/mol. The summed E-state index contributed by atoms with van der Waals surface area (Å²) >= 11 is 0. The van der Waals surface area contributed by atoms with Gasteiger partial charge in [0, 0.05) is 18.6 Å². The molecule has 2 N–H and O–H groups in total. The molecule has 0 aromatic heterocycles. The van der Waals surface area contributed by atoms with Gasteiger partial charge in [0.05, 0.1) is 0 Å². The van der Waals surface area contributed by atoms with Crippen molar-refractivity contribution in [3.8, 4) is 0 Å². The standard InChI is InChI=1S/C19H32N2/c1-4-21(15-17-9-6-5-7-10-17)19(16-20)12-8-11-18(2,3)13-14-19/h5-7,9-10H,4,8,11-16,20H2,1-3H3. The molecule has 1 unspecified atom stereocenters. The van der Waals surface area contributed by atoms with Crippen molar-refractivity contribution in [1.29, 1.82) is 0 Å². The van der Waals surface area contributed by atoms with Crippen molar-refractivity contribution >= 4 is 0 Å². The van der Waals surface area contributed by atoms with Crippen molar-refractivity contribution in [3.05, 3.63) is 35.9 Å². The Kier molecular flexibility index (Phi) is 5.45. The first-order valence-corrected chi connectivity index (χ1v) is 8.50. The van der Waals surface area contributed by atoms with Crippen LogP contribution in [0.25, 0.3) is 0 Å². The molecule has 1 atom stereocenters. The fourth-order valence-electron chi connectivity index (χ4n) is 3.79. The second-order valence-corrected chi connectivity index (χ2v) is 7.45. The van der Waals surface area contributed by atoms with Crippen LogP contribution in [0.2, 0.25) is 0 Å². The molecule has 2 heteroatoms. The summed E-state index contributed by atoms with van der Waals surface area (Å²) in [5, 5.41) is 0. The average molecular weight is 288 g/mol. The molecule has 118 valence electrons. The zero-order valence-electron chi connectivity index (χ0n) is 14.1. The van der Waals surface area contributed by atoms with E-state index in [2.05, 4.69) is 56.0 Å². The van der Waals surface area contributed by atoms with E-state index < -0.39 is 0 Å². The van der Waals surface area contributed by atoms with Gasteiger partial charge in [-0.2, -0.15) is 0 Å². The fraction of sp³-hybridized carbons (Fsp3) is 0.684. The van der Waals surface area contributed by atoms with Crippen molar-refractivity contribution in [2.24, 2.45) is 11.1 Å². The molecule has 0 bridgehead atoms. The zero-order chi connectivity index (χ0) is 15.3. The van der Waals surface area contributed by atoms with Crippen molar-refractivity contribution < 1.29 is 0 Å². The molecule has 1 aliphatic rings. The summed E-state index contributed by atoms with van der Waals surface area (Å²) in [5.74, 6) is 0. The minimum absolute atomic E-state index is 0.193. The maximum atomic E-state index is 6.28. The van der Waals surface area contributed by atoms with Crippen molar-refractivity contribution in [2.75, 3.05) is 13.1 Å². The van der Waals surface area contributed by atoms with Crippen LogP contribution in [0.4, 0.5) is 0 Å². The summed E-state index contributed by atoms with van der Waals surface area (Å²) in [5.41, 5.74) is 8.35. The lowest BCUT2D eigenvalue weighted by Crippen LogP contribution is -2.53. The summed E-state index contributed by atoms with van der Waals surface area (Å²) in [7, 11) is 0. The third-order valence-corrected chi connectivity index (χ3v) is 5.41. The van der Waals surface area contributed by atoms with Gasteiger partial charge in [0.15, 0.2) is 0 Å². The second kappa shape index (κ2) is 6.93. The molecule has 1 fully saturated rings. The summed E-state index contributed by atoms with van der Waals surface area (Å²) in [6.45, 7) is 9.97. The van der Waals surface area contributed by atoms with E-state index in [1.165, 1.54) is 37.7 Å². The van der Waals surface area contributed by atoms with E-state index in [0.717, 1.165) is 19.6 Å². The highest BCUT2D eigenvalue weighted by Crippen LogP contribution is 2.40. The molecule has 1 aromatic rings. The topological polar surface area (TPSA) is 29.3 Å². The number of nitrogens with zero attached hydrogens (tertiary/aromatic N) is 1. The van der Waals surface area contributed by atoms with E-state index in [0.29, 0.717) is 5.41 Å². The van der Waals surface area contributed by atoms with Crippen LogP contribution in [0.5, 0.6) is 0 Å². The predicted octanol–water partition coefficient (Wildman–Crippen LogP) is 4.20. The van der Waals surface area contributed by atoms with Crippen LogP contribution in [0.15, 0.2) is 30.3 Å². The van der Waals surface area contributed by atoms with Gasteiger partial charge in [0.1, 0.15) is 0 Å². The number of benzene rings is 1.